The highest BCUT2D eigenvalue weighted by Crippen LogP contribution is 2.41. The van der Waals surface area contributed by atoms with Crippen LogP contribution in [0.4, 0.5) is 5.82 Å². The summed E-state index contributed by atoms with van der Waals surface area (Å²) in [6.45, 7) is 7.15. The highest BCUT2D eigenvalue weighted by Gasteiger charge is 2.51. The van der Waals surface area contributed by atoms with E-state index in [0.717, 1.165) is 43.3 Å². The summed E-state index contributed by atoms with van der Waals surface area (Å²) in [4.78, 5) is 24.3. The number of benzene rings is 2. The van der Waals surface area contributed by atoms with Crippen LogP contribution in [-0.2, 0) is 6.54 Å². The van der Waals surface area contributed by atoms with Crippen LogP contribution in [0.15, 0.2) is 72.9 Å². The van der Waals surface area contributed by atoms with E-state index in [9.17, 15) is 4.79 Å². The zero-order chi connectivity index (χ0) is 24.3. The van der Waals surface area contributed by atoms with Crippen molar-refractivity contribution >= 4 is 11.7 Å². The molecule has 0 unspecified atom stereocenters. The van der Waals surface area contributed by atoms with E-state index < -0.39 is 0 Å². The summed E-state index contributed by atoms with van der Waals surface area (Å²) in [6.07, 6.45) is 1.85. The predicted octanol–water partition coefficient (Wildman–Crippen LogP) is 3.49. The Labute approximate surface area is 207 Å². The van der Waals surface area contributed by atoms with Crippen LogP contribution < -0.4 is 15.0 Å². The number of nitrogens with one attached hydrogen (secondary N) is 1. The molecule has 0 saturated carbocycles. The molecule has 2 aromatic carbocycles. The second-order valence-corrected chi connectivity index (χ2v) is 9.80. The van der Waals surface area contributed by atoms with Gasteiger partial charge in [0.2, 0.25) is 0 Å². The lowest BCUT2D eigenvalue weighted by Gasteiger charge is -2.60. The first-order valence-corrected chi connectivity index (χ1v) is 12.2. The summed E-state index contributed by atoms with van der Waals surface area (Å²) in [6, 6.07) is 21.0. The Balaban J connectivity index is 1.17. The van der Waals surface area contributed by atoms with E-state index in [4.69, 9.17) is 4.74 Å². The molecule has 0 atom stereocenters. The van der Waals surface area contributed by atoms with Crippen LogP contribution in [0.1, 0.15) is 15.9 Å². The maximum absolute atomic E-state index is 13.1. The maximum Gasteiger partial charge on any atom is 0.254 e. The molecule has 0 bridgehead atoms. The molecule has 0 aliphatic carbocycles. The minimum atomic E-state index is -0.0408. The third-order valence-corrected chi connectivity index (χ3v) is 6.81. The molecule has 3 aromatic rings. The van der Waals surface area contributed by atoms with Gasteiger partial charge in [-0.15, -0.1) is 0 Å². The van der Waals surface area contributed by atoms with Crippen molar-refractivity contribution in [3.63, 3.8) is 0 Å². The fourth-order valence-corrected chi connectivity index (χ4v) is 5.07. The topological polar surface area (TPSA) is 60.9 Å². The first-order chi connectivity index (χ1) is 17.0. The fraction of sp³-hybridized carbons (Fsp3) is 0.357. The van der Waals surface area contributed by atoms with Crippen LogP contribution in [0.3, 0.4) is 0 Å². The van der Waals surface area contributed by atoms with Crippen LogP contribution in [0, 0.1) is 5.41 Å². The number of anilines is 1. The van der Waals surface area contributed by atoms with Crippen molar-refractivity contribution < 1.29 is 9.53 Å². The van der Waals surface area contributed by atoms with Crippen LogP contribution in [0.5, 0.6) is 11.5 Å². The Morgan fingerprint density at radius 2 is 1.80 bits per heavy atom. The molecule has 2 aliphatic rings. The van der Waals surface area contributed by atoms with Gasteiger partial charge in [0, 0.05) is 70.0 Å². The number of para-hydroxylation sites is 1. The Hall–Kier alpha value is -3.42. The minimum absolute atomic E-state index is 0.0408. The molecule has 2 fully saturated rings. The predicted molar refractivity (Wildman–Crippen MR) is 138 cm³/mol. The summed E-state index contributed by atoms with van der Waals surface area (Å²) < 4.78 is 5.89. The SMILES string of the molecule is CNCCN1CC2(C1)CN(c1cc(CN(C)C(=O)c3cccc(Oc4ccccc4)c3)ccn1)C2. The first-order valence-electron chi connectivity index (χ1n) is 12.2. The Bertz CT molecular complexity index is 1150. The third-order valence-electron chi connectivity index (χ3n) is 6.81. The van der Waals surface area contributed by atoms with Crippen molar-refractivity contribution in [2.75, 3.05) is 58.3 Å². The Morgan fingerprint density at radius 3 is 2.57 bits per heavy atom. The number of aromatic nitrogens is 1. The smallest absolute Gasteiger partial charge is 0.254 e. The van der Waals surface area contributed by atoms with Gasteiger partial charge in [0.25, 0.3) is 5.91 Å². The van der Waals surface area contributed by atoms with Crippen LogP contribution in [0.2, 0.25) is 0 Å². The van der Waals surface area contributed by atoms with E-state index in [2.05, 4.69) is 26.2 Å². The van der Waals surface area contributed by atoms with Gasteiger partial charge >= 0.3 is 0 Å². The maximum atomic E-state index is 13.1. The van der Waals surface area contributed by atoms with E-state index in [-0.39, 0.29) is 5.91 Å². The standard InChI is InChI=1S/C28H33N5O2/c1-29-13-14-32-18-28(19-32)20-33(21-28)26-15-22(11-12-30-26)17-31(2)27(34)23-7-6-10-25(16-23)35-24-8-4-3-5-9-24/h3-12,15-16,29H,13-14,17-21H2,1-2H3. The molecule has 2 saturated heterocycles. The van der Waals surface area contributed by atoms with Crippen molar-refractivity contribution in [3.8, 4) is 11.5 Å². The van der Waals surface area contributed by atoms with Gasteiger partial charge < -0.3 is 24.8 Å². The second-order valence-electron chi connectivity index (χ2n) is 9.80. The Kier molecular flexibility index (Phi) is 6.70. The second kappa shape index (κ2) is 10.1. The number of nitrogens with zero attached hydrogens (tertiary/aromatic N) is 4. The van der Waals surface area contributed by atoms with E-state index in [0.29, 0.717) is 23.3 Å². The third kappa shape index (κ3) is 5.31. The molecule has 182 valence electrons. The molecule has 1 amide bonds. The number of carbonyl (C=O) groups excluding carboxylic acids is 1. The van der Waals surface area contributed by atoms with Gasteiger partial charge in [-0.25, -0.2) is 4.98 Å². The zero-order valence-electron chi connectivity index (χ0n) is 20.5. The van der Waals surface area contributed by atoms with Gasteiger partial charge in [0.1, 0.15) is 17.3 Å². The van der Waals surface area contributed by atoms with Gasteiger partial charge in [0.05, 0.1) is 0 Å². The number of rotatable bonds is 9. The summed E-state index contributed by atoms with van der Waals surface area (Å²) >= 11 is 0. The number of carbonyl (C=O) groups is 1. The summed E-state index contributed by atoms with van der Waals surface area (Å²) in [5.74, 6) is 2.35. The lowest BCUT2D eigenvalue weighted by atomic mass is 9.73. The van der Waals surface area contributed by atoms with Crippen molar-refractivity contribution in [3.05, 3.63) is 84.1 Å². The summed E-state index contributed by atoms with van der Waals surface area (Å²) in [7, 11) is 3.84. The first kappa shape index (κ1) is 23.3. The van der Waals surface area contributed by atoms with E-state index in [1.54, 1.807) is 11.0 Å². The van der Waals surface area contributed by atoms with Gasteiger partial charge in [-0.05, 0) is 55.1 Å². The van der Waals surface area contributed by atoms with E-state index in [1.807, 2.05) is 74.9 Å². The molecule has 3 heterocycles. The number of hydrogen-bond donors (Lipinski definition) is 1. The summed E-state index contributed by atoms with van der Waals surface area (Å²) in [5.41, 5.74) is 2.12. The van der Waals surface area contributed by atoms with Crippen molar-refractivity contribution in [2.45, 2.75) is 6.54 Å². The van der Waals surface area contributed by atoms with Crippen molar-refractivity contribution in [2.24, 2.45) is 5.41 Å². The molecular formula is C28H33N5O2. The number of likely N-dealkylation sites (N-methyl/N-ethyl adjacent to an activating group) is 1. The molecule has 35 heavy (non-hydrogen) atoms. The van der Waals surface area contributed by atoms with E-state index in [1.165, 1.54) is 13.1 Å². The zero-order valence-corrected chi connectivity index (χ0v) is 20.5. The van der Waals surface area contributed by atoms with Crippen molar-refractivity contribution in [1.29, 1.82) is 0 Å². The van der Waals surface area contributed by atoms with Crippen LogP contribution in [-0.4, -0.2) is 74.1 Å². The highest BCUT2D eigenvalue weighted by molar-refractivity contribution is 5.94. The van der Waals surface area contributed by atoms with Gasteiger partial charge in [0.15, 0.2) is 0 Å². The van der Waals surface area contributed by atoms with Crippen molar-refractivity contribution in [1.82, 2.24) is 20.1 Å². The normalized spacial score (nSPS) is 16.5. The lowest BCUT2D eigenvalue weighted by molar-refractivity contribution is -0.0205. The highest BCUT2D eigenvalue weighted by atomic mass is 16.5. The molecule has 7 nitrogen and oxygen atoms in total. The molecule has 5 rings (SSSR count). The van der Waals surface area contributed by atoms with E-state index >= 15 is 0 Å². The van der Waals surface area contributed by atoms with Gasteiger partial charge in [-0.3, -0.25) is 4.79 Å². The summed E-state index contributed by atoms with van der Waals surface area (Å²) in [5, 5.41) is 3.22. The Morgan fingerprint density at radius 1 is 1.03 bits per heavy atom. The molecule has 1 spiro atoms. The lowest BCUT2D eigenvalue weighted by Crippen LogP contribution is -2.72. The number of amides is 1. The number of likely N-dealkylation sites (tertiary alicyclic amines) is 1. The van der Waals surface area contributed by atoms with Gasteiger partial charge in [-0.1, -0.05) is 24.3 Å². The van der Waals surface area contributed by atoms with Gasteiger partial charge in [-0.2, -0.15) is 0 Å². The molecule has 0 radical (unpaired) electrons. The average Bonchev–Trinajstić information content (AvgIpc) is 2.82. The molecule has 2 aliphatic heterocycles. The molecule has 1 aromatic heterocycles. The molecular weight excluding hydrogens is 438 g/mol. The monoisotopic (exact) mass is 471 g/mol. The molecule has 7 heteroatoms. The number of hydrogen-bond acceptors (Lipinski definition) is 6. The largest absolute Gasteiger partial charge is 0.457 e. The fourth-order valence-electron chi connectivity index (χ4n) is 5.07. The van der Waals surface area contributed by atoms with Crippen LogP contribution in [0.25, 0.3) is 0 Å². The molecule has 1 N–H and O–H groups in total. The number of pyridine rings is 1. The minimum Gasteiger partial charge on any atom is -0.457 e. The number of ether oxygens (including phenoxy) is 1. The quantitative estimate of drug-likeness (QED) is 0.516. The average molecular weight is 472 g/mol. The van der Waals surface area contributed by atoms with Crippen LogP contribution >= 0.6 is 0 Å².